The number of ether oxygens (including phenoxy) is 1. The monoisotopic (exact) mass is 518 g/mol. The topological polar surface area (TPSA) is 111 Å². The number of benzene rings is 2. The number of esters is 1. The molecular formula is C24H27ClN4O5S. The van der Waals surface area contributed by atoms with Crippen LogP contribution in [0.4, 0.5) is 5.69 Å². The molecule has 0 aliphatic heterocycles. The molecule has 11 heteroatoms. The van der Waals surface area contributed by atoms with Crippen molar-refractivity contribution in [3.63, 3.8) is 0 Å². The number of carbonyl (C=O) groups excluding carboxylic acids is 2. The molecule has 0 atom stereocenters. The Kier molecular flexibility index (Phi) is 7.05. The Morgan fingerprint density at radius 2 is 1.91 bits per heavy atom. The molecule has 186 valence electrons. The fraction of sp³-hybridized carbons (Fsp3) is 0.375. The highest BCUT2D eigenvalue weighted by atomic mass is 35.5. The molecule has 3 aromatic rings. The smallest absolute Gasteiger partial charge is 0.305 e. The fourth-order valence-electron chi connectivity index (χ4n) is 4.12. The zero-order valence-corrected chi connectivity index (χ0v) is 21.3. The SMILES string of the molecule is CNC(=O)c1c2cc(C3CC3)c(N(CCCC(=O)OC)S(C)(=O)=O)cc2nn1-c1ccc(Cl)cc1. The molecule has 1 amide bonds. The van der Waals surface area contributed by atoms with Crippen LogP contribution in [0.1, 0.15) is 47.7 Å². The second-order valence-corrected chi connectivity index (χ2v) is 10.9. The maximum atomic E-state index is 12.9. The van der Waals surface area contributed by atoms with Gasteiger partial charge in [0.1, 0.15) is 5.69 Å². The van der Waals surface area contributed by atoms with E-state index in [-0.39, 0.29) is 24.8 Å². The third-order valence-electron chi connectivity index (χ3n) is 5.99. The average molecular weight is 519 g/mol. The predicted molar refractivity (Wildman–Crippen MR) is 135 cm³/mol. The van der Waals surface area contributed by atoms with Crippen LogP contribution in [0.2, 0.25) is 5.02 Å². The standard InChI is InChI=1S/C24H27ClN4O5S/c1-26-24(31)23-19-13-18(15-6-7-15)21(28(35(3,32)33)12-4-5-22(30)34-2)14-20(19)27-29(23)17-10-8-16(25)9-11-17/h8-11,13-15H,4-7,12H2,1-3H3,(H,26,31). The van der Waals surface area contributed by atoms with E-state index in [1.165, 1.54) is 11.4 Å². The van der Waals surface area contributed by atoms with E-state index in [0.717, 1.165) is 24.7 Å². The lowest BCUT2D eigenvalue weighted by Gasteiger charge is -2.25. The number of fused-ring (bicyclic) bond motifs is 1. The van der Waals surface area contributed by atoms with Gasteiger partial charge in [-0.15, -0.1) is 0 Å². The molecule has 1 aromatic heterocycles. The van der Waals surface area contributed by atoms with Gasteiger partial charge in [-0.3, -0.25) is 13.9 Å². The second-order valence-electron chi connectivity index (χ2n) is 8.53. The van der Waals surface area contributed by atoms with Crippen molar-refractivity contribution in [1.82, 2.24) is 15.1 Å². The van der Waals surface area contributed by atoms with Gasteiger partial charge in [-0.05, 0) is 67.1 Å². The van der Waals surface area contributed by atoms with Crippen molar-refractivity contribution in [2.45, 2.75) is 31.6 Å². The van der Waals surface area contributed by atoms with E-state index in [1.54, 1.807) is 42.1 Å². The average Bonchev–Trinajstić information content (AvgIpc) is 3.60. The Labute approximate surface area is 209 Å². The molecule has 0 bridgehead atoms. The molecule has 9 nitrogen and oxygen atoms in total. The van der Waals surface area contributed by atoms with Crippen molar-refractivity contribution >= 4 is 50.1 Å². The number of sulfonamides is 1. The first-order chi connectivity index (χ1) is 16.6. The minimum atomic E-state index is -3.65. The summed E-state index contributed by atoms with van der Waals surface area (Å²) in [6, 6.07) is 10.6. The molecule has 1 fully saturated rings. The molecule has 1 N–H and O–H groups in total. The number of amides is 1. The third-order valence-corrected chi connectivity index (χ3v) is 7.42. The van der Waals surface area contributed by atoms with Crippen molar-refractivity contribution in [3.05, 3.63) is 52.7 Å². The van der Waals surface area contributed by atoms with E-state index >= 15 is 0 Å². The lowest BCUT2D eigenvalue weighted by Crippen LogP contribution is -2.32. The summed E-state index contributed by atoms with van der Waals surface area (Å²) in [6.07, 6.45) is 3.42. The van der Waals surface area contributed by atoms with Crippen molar-refractivity contribution < 1.29 is 22.7 Å². The predicted octanol–water partition coefficient (Wildman–Crippen LogP) is 3.64. The largest absolute Gasteiger partial charge is 0.469 e. The zero-order valence-electron chi connectivity index (χ0n) is 19.7. The first-order valence-electron chi connectivity index (χ1n) is 11.2. The highest BCUT2D eigenvalue weighted by Crippen LogP contribution is 2.46. The van der Waals surface area contributed by atoms with Crippen LogP contribution < -0.4 is 9.62 Å². The van der Waals surface area contributed by atoms with E-state index in [0.29, 0.717) is 39.4 Å². The highest BCUT2D eigenvalue weighted by molar-refractivity contribution is 7.92. The molecule has 0 saturated heterocycles. The minimum absolute atomic E-state index is 0.107. The van der Waals surface area contributed by atoms with Crippen LogP contribution in [-0.2, 0) is 19.6 Å². The lowest BCUT2D eigenvalue weighted by atomic mass is 10.0. The van der Waals surface area contributed by atoms with E-state index in [4.69, 9.17) is 11.6 Å². The lowest BCUT2D eigenvalue weighted by molar-refractivity contribution is -0.140. The third kappa shape index (κ3) is 5.28. The summed E-state index contributed by atoms with van der Waals surface area (Å²) >= 11 is 6.04. The number of methoxy groups -OCH3 is 1. The first-order valence-corrected chi connectivity index (χ1v) is 13.5. The van der Waals surface area contributed by atoms with Crippen LogP contribution in [0.5, 0.6) is 0 Å². The number of rotatable bonds is 9. The van der Waals surface area contributed by atoms with E-state index in [9.17, 15) is 18.0 Å². The van der Waals surface area contributed by atoms with Gasteiger partial charge in [0.15, 0.2) is 0 Å². The van der Waals surface area contributed by atoms with Gasteiger partial charge in [-0.25, -0.2) is 13.1 Å². The number of nitrogens with zero attached hydrogens (tertiary/aromatic N) is 3. The van der Waals surface area contributed by atoms with Gasteiger partial charge in [0.2, 0.25) is 10.0 Å². The minimum Gasteiger partial charge on any atom is -0.469 e. The molecule has 1 heterocycles. The Bertz CT molecular complexity index is 1380. The molecular weight excluding hydrogens is 492 g/mol. The number of nitrogens with one attached hydrogen (secondary N) is 1. The molecule has 4 rings (SSSR count). The Hall–Kier alpha value is -3.11. The summed E-state index contributed by atoms with van der Waals surface area (Å²) in [7, 11) is -0.794. The summed E-state index contributed by atoms with van der Waals surface area (Å²) in [5.41, 5.74) is 2.87. The van der Waals surface area contributed by atoms with Gasteiger partial charge < -0.3 is 10.1 Å². The Morgan fingerprint density at radius 3 is 2.49 bits per heavy atom. The van der Waals surface area contributed by atoms with Gasteiger partial charge in [0.25, 0.3) is 5.91 Å². The normalized spacial score (nSPS) is 13.6. The van der Waals surface area contributed by atoms with Crippen LogP contribution in [-0.4, -0.2) is 57.0 Å². The van der Waals surface area contributed by atoms with Gasteiger partial charge in [-0.1, -0.05) is 11.6 Å². The van der Waals surface area contributed by atoms with Crippen molar-refractivity contribution in [2.75, 3.05) is 31.3 Å². The van der Waals surface area contributed by atoms with Crippen LogP contribution in [0.3, 0.4) is 0 Å². The van der Waals surface area contributed by atoms with Gasteiger partial charge in [0.05, 0.1) is 30.3 Å². The summed E-state index contributed by atoms with van der Waals surface area (Å²) in [6.45, 7) is 0.124. The molecule has 0 spiro atoms. The van der Waals surface area contributed by atoms with E-state index < -0.39 is 16.0 Å². The first kappa shape index (κ1) is 25.0. The number of halogens is 1. The van der Waals surface area contributed by atoms with Crippen LogP contribution in [0.25, 0.3) is 16.6 Å². The van der Waals surface area contributed by atoms with Crippen LogP contribution in [0, 0.1) is 0 Å². The van der Waals surface area contributed by atoms with E-state index in [1.807, 2.05) is 6.07 Å². The van der Waals surface area contributed by atoms with Gasteiger partial charge in [0, 0.05) is 30.4 Å². The van der Waals surface area contributed by atoms with E-state index in [2.05, 4.69) is 15.2 Å². The molecule has 0 unspecified atom stereocenters. The molecule has 1 aliphatic rings. The zero-order chi connectivity index (χ0) is 25.3. The quantitative estimate of drug-likeness (QED) is 0.433. The van der Waals surface area contributed by atoms with Crippen LogP contribution >= 0.6 is 11.6 Å². The summed E-state index contributed by atoms with van der Waals surface area (Å²) in [4.78, 5) is 24.5. The number of hydrogen-bond donors (Lipinski definition) is 1. The number of hydrogen-bond acceptors (Lipinski definition) is 6. The van der Waals surface area contributed by atoms with Crippen molar-refractivity contribution in [3.8, 4) is 5.69 Å². The Balaban J connectivity index is 1.88. The van der Waals surface area contributed by atoms with Crippen LogP contribution in [0.15, 0.2) is 36.4 Å². The maximum Gasteiger partial charge on any atom is 0.305 e. The van der Waals surface area contributed by atoms with Crippen molar-refractivity contribution in [1.29, 1.82) is 0 Å². The number of aromatic nitrogens is 2. The molecule has 1 saturated carbocycles. The number of anilines is 1. The number of carbonyl (C=O) groups is 2. The molecule has 2 aromatic carbocycles. The molecule has 1 aliphatic carbocycles. The summed E-state index contributed by atoms with van der Waals surface area (Å²) in [5.74, 6) is -0.515. The summed E-state index contributed by atoms with van der Waals surface area (Å²) < 4.78 is 33.1. The fourth-order valence-corrected chi connectivity index (χ4v) is 5.22. The van der Waals surface area contributed by atoms with Gasteiger partial charge >= 0.3 is 5.97 Å². The van der Waals surface area contributed by atoms with Gasteiger partial charge in [-0.2, -0.15) is 5.10 Å². The van der Waals surface area contributed by atoms with Crippen molar-refractivity contribution in [2.24, 2.45) is 0 Å². The second kappa shape index (κ2) is 9.87. The Morgan fingerprint density at radius 1 is 1.23 bits per heavy atom. The highest BCUT2D eigenvalue weighted by Gasteiger charge is 2.32. The molecule has 0 radical (unpaired) electrons. The molecule has 35 heavy (non-hydrogen) atoms. The summed E-state index contributed by atoms with van der Waals surface area (Å²) in [5, 5.41) is 8.53. The maximum absolute atomic E-state index is 12.9.